The van der Waals surface area contributed by atoms with Gasteiger partial charge in [-0.25, -0.2) is 0 Å². The molecule has 1 fully saturated rings. The Morgan fingerprint density at radius 3 is 3.00 bits per heavy atom. The summed E-state index contributed by atoms with van der Waals surface area (Å²) in [5.74, 6) is 0.734. The van der Waals surface area contributed by atoms with Crippen LogP contribution in [0.15, 0.2) is 12.4 Å². The molecule has 0 aliphatic heterocycles. The summed E-state index contributed by atoms with van der Waals surface area (Å²) in [4.78, 5) is 10.6. The van der Waals surface area contributed by atoms with Crippen molar-refractivity contribution in [2.24, 2.45) is 5.92 Å². The van der Waals surface area contributed by atoms with Crippen LogP contribution in [0.4, 0.5) is 0 Å². The first-order valence-corrected chi connectivity index (χ1v) is 5.84. The van der Waals surface area contributed by atoms with Crippen LogP contribution >= 0.6 is 0 Å². The number of hydrogen-bond donors (Lipinski definition) is 0. The van der Waals surface area contributed by atoms with E-state index in [-0.39, 0.29) is 0 Å². The quantitative estimate of drug-likeness (QED) is 0.713. The Balaban J connectivity index is 2.16. The average Bonchev–Trinajstić information content (AvgIpc) is 2.77. The molecule has 1 aromatic rings. The molecule has 2 rings (SSSR count). The molecule has 0 aromatic carbocycles. The van der Waals surface area contributed by atoms with Gasteiger partial charge in [-0.15, -0.1) is 0 Å². The number of carbonyl (C=O) groups excluding carboxylic acids is 1. The highest BCUT2D eigenvalue weighted by Gasteiger charge is 2.25. The van der Waals surface area contributed by atoms with Gasteiger partial charge >= 0.3 is 0 Å². The highest BCUT2D eigenvalue weighted by Crippen LogP contribution is 2.35. The fourth-order valence-electron chi connectivity index (χ4n) is 2.61. The third-order valence-corrected chi connectivity index (χ3v) is 3.49. The molecule has 1 heterocycles. The van der Waals surface area contributed by atoms with Gasteiger partial charge in [0.05, 0.1) is 17.8 Å². The summed E-state index contributed by atoms with van der Waals surface area (Å²) in [7, 11) is 0. The molecule has 1 saturated carbocycles. The van der Waals surface area contributed by atoms with E-state index >= 15 is 0 Å². The SMILES string of the molecule is CCC1CCCCC1n1cc(C=O)cn1. The van der Waals surface area contributed by atoms with Crippen LogP contribution in [0.1, 0.15) is 55.4 Å². The highest BCUT2D eigenvalue weighted by atomic mass is 16.1. The minimum Gasteiger partial charge on any atom is -0.298 e. The molecule has 1 aromatic heterocycles. The molecular weight excluding hydrogens is 188 g/mol. The summed E-state index contributed by atoms with van der Waals surface area (Å²) in [6.45, 7) is 2.24. The zero-order valence-electron chi connectivity index (χ0n) is 9.22. The van der Waals surface area contributed by atoms with Crippen molar-refractivity contribution in [2.45, 2.75) is 45.1 Å². The fourth-order valence-corrected chi connectivity index (χ4v) is 2.61. The molecule has 0 amide bonds. The van der Waals surface area contributed by atoms with Crippen LogP contribution in [-0.4, -0.2) is 16.1 Å². The van der Waals surface area contributed by atoms with Crippen LogP contribution in [0.3, 0.4) is 0 Å². The van der Waals surface area contributed by atoms with E-state index in [1.807, 2.05) is 10.9 Å². The van der Waals surface area contributed by atoms with Crippen molar-refractivity contribution in [3.8, 4) is 0 Å². The molecule has 1 aliphatic rings. The summed E-state index contributed by atoms with van der Waals surface area (Å²) in [5, 5.41) is 4.29. The molecule has 2 atom stereocenters. The van der Waals surface area contributed by atoms with E-state index in [0.717, 1.165) is 12.2 Å². The zero-order valence-corrected chi connectivity index (χ0v) is 9.22. The molecule has 0 spiro atoms. The van der Waals surface area contributed by atoms with E-state index in [1.54, 1.807) is 6.20 Å². The average molecular weight is 206 g/mol. The summed E-state index contributed by atoms with van der Waals surface area (Å²) in [6, 6.07) is 0.512. The molecule has 1 aliphatic carbocycles. The van der Waals surface area contributed by atoms with Crippen molar-refractivity contribution in [1.29, 1.82) is 0 Å². The van der Waals surface area contributed by atoms with Gasteiger partial charge in [-0.1, -0.05) is 26.2 Å². The molecule has 0 N–H and O–H groups in total. The van der Waals surface area contributed by atoms with Gasteiger partial charge in [-0.3, -0.25) is 9.48 Å². The molecular formula is C12H18N2O. The first-order chi connectivity index (χ1) is 7.35. The van der Waals surface area contributed by atoms with Gasteiger partial charge in [0.15, 0.2) is 6.29 Å². The summed E-state index contributed by atoms with van der Waals surface area (Å²) in [5.41, 5.74) is 0.690. The number of nitrogens with zero attached hydrogens (tertiary/aromatic N) is 2. The van der Waals surface area contributed by atoms with Crippen LogP contribution in [0.2, 0.25) is 0 Å². The fraction of sp³-hybridized carbons (Fsp3) is 0.667. The molecule has 3 nitrogen and oxygen atoms in total. The van der Waals surface area contributed by atoms with Crippen molar-refractivity contribution in [3.63, 3.8) is 0 Å². The van der Waals surface area contributed by atoms with Gasteiger partial charge in [-0.2, -0.15) is 5.10 Å². The number of rotatable bonds is 3. The summed E-state index contributed by atoms with van der Waals surface area (Å²) >= 11 is 0. The van der Waals surface area contributed by atoms with Crippen molar-refractivity contribution in [2.75, 3.05) is 0 Å². The summed E-state index contributed by atoms with van der Waals surface area (Å²) < 4.78 is 2.00. The predicted octanol–water partition coefficient (Wildman–Crippen LogP) is 2.84. The number of carbonyl (C=O) groups is 1. The van der Waals surface area contributed by atoms with E-state index in [4.69, 9.17) is 0 Å². The molecule has 2 unspecified atom stereocenters. The predicted molar refractivity (Wildman–Crippen MR) is 58.9 cm³/mol. The molecule has 82 valence electrons. The normalized spacial score (nSPS) is 26.5. The molecule has 15 heavy (non-hydrogen) atoms. The van der Waals surface area contributed by atoms with Gasteiger partial charge in [0.2, 0.25) is 0 Å². The van der Waals surface area contributed by atoms with Gasteiger partial charge < -0.3 is 0 Å². The van der Waals surface area contributed by atoms with Gasteiger partial charge in [-0.05, 0) is 18.8 Å². The van der Waals surface area contributed by atoms with Crippen LogP contribution in [-0.2, 0) is 0 Å². The van der Waals surface area contributed by atoms with Gasteiger partial charge in [0, 0.05) is 6.20 Å². The van der Waals surface area contributed by atoms with Crippen molar-refractivity contribution < 1.29 is 4.79 Å². The third kappa shape index (κ3) is 2.11. The second-order valence-electron chi connectivity index (χ2n) is 4.39. The Morgan fingerprint density at radius 2 is 2.33 bits per heavy atom. The zero-order chi connectivity index (χ0) is 10.7. The van der Waals surface area contributed by atoms with Crippen LogP contribution in [0, 0.1) is 5.92 Å². The van der Waals surface area contributed by atoms with Crippen molar-refractivity contribution in [1.82, 2.24) is 9.78 Å². The van der Waals surface area contributed by atoms with E-state index in [1.165, 1.54) is 32.1 Å². The largest absolute Gasteiger partial charge is 0.298 e. The Morgan fingerprint density at radius 1 is 1.53 bits per heavy atom. The Labute approximate surface area is 90.5 Å². The Hall–Kier alpha value is -1.12. The Kier molecular flexibility index (Phi) is 3.19. The topological polar surface area (TPSA) is 34.9 Å². The lowest BCUT2D eigenvalue weighted by atomic mass is 9.83. The minimum absolute atomic E-state index is 0.512. The molecule has 0 saturated heterocycles. The lowest BCUT2D eigenvalue weighted by Crippen LogP contribution is -2.23. The van der Waals surface area contributed by atoms with Crippen molar-refractivity contribution in [3.05, 3.63) is 18.0 Å². The highest BCUT2D eigenvalue weighted by molar-refractivity contribution is 5.73. The van der Waals surface area contributed by atoms with E-state index in [9.17, 15) is 4.79 Å². The number of aldehydes is 1. The maximum Gasteiger partial charge on any atom is 0.153 e. The van der Waals surface area contributed by atoms with Crippen LogP contribution in [0.25, 0.3) is 0 Å². The smallest absolute Gasteiger partial charge is 0.153 e. The standard InChI is InChI=1S/C12H18N2O/c1-2-11-5-3-4-6-12(11)14-8-10(9-15)7-13-14/h7-9,11-12H,2-6H2,1H3. The van der Waals surface area contributed by atoms with E-state index < -0.39 is 0 Å². The molecule has 0 radical (unpaired) electrons. The lowest BCUT2D eigenvalue weighted by molar-refractivity contribution is 0.112. The first-order valence-electron chi connectivity index (χ1n) is 5.84. The van der Waals surface area contributed by atoms with Crippen LogP contribution < -0.4 is 0 Å². The van der Waals surface area contributed by atoms with Crippen molar-refractivity contribution >= 4 is 6.29 Å². The second kappa shape index (κ2) is 4.60. The third-order valence-electron chi connectivity index (χ3n) is 3.49. The minimum atomic E-state index is 0.512. The number of hydrogen-bond acceptors (Lipinski definition) is 2. The first kappa shape index (κ1) is 10.4. The van der Waals surface area contributed by atoms with Crippen LogP contribution in [0.5, 0.6) is 0 Å². The molecule has 3 heteroatoms. The maximum absolute atomic E-state index is 10.6. The summed E-state index contributed by atoms with van der Waals surface area (Å²) in [6.07, 6.45) is 10.8. The number of aromatic nitrogens is 2. The second-order valence-corrected chi connectivity index (χ2v) is 4.39. The van der Waals surface area contributed by atoms with Gasteiger partial charge in [0.25, 0.3) is 0 Å². The maximum atomic E-state index is 10.6. The molecule has 0 bridgehead atoms. The Bertz CT molecular complexity index is 332. The monoisotopic (exact) mass is 206 g/mol. The van der Waals surface area contributed by atoms with E-state index in [0.29, 0.717) is 11.6 Å². The van der Waals surface area contributed by atoms with Gasteiger partial charge in [0.1, 0.15) is 0 Å². The van der Waals surface area contributed by atoms with E-state index in [2.05, 4.69) is 12.0 Å². The lowest BCUT2D eigenvalue weighted by Gasteiger charge is -2.30.